The van der Waals surface area contributed by atoms with Gasteiger partial charge in [-0.1, -0.05) is 23.7 Å². The summed E-state index contributed by atoms with van der Waals surface area (Å²) < 4.78 is 15.4. The molecule has 0 spiro atoms. The fraction of sp³-hybridized carbons (Fsp3) is 0.214. The molecule has 2 rings (SSSR count). The van der Waals surface area contributed by atoms with Crippen molar-refractivity contribution in [3.63, 3.8) is 0 Å². The van der Waals surface area contributed by atoms with Crippen molar-refractivity contribution >= 4 is 17.6 Å². The van der Waals surface area contributed by atoms with Gasteiger partial charge in [-0.2, -0.15) is 9.97 Å². The monoisotopic (exact) mass is 324 g/mol. The number of hydrogen-bond acceptors (Lipinski definition) is 6. The van der Waals surface area contributed by atoms with Crippen molar-refractivity contribution in [2.24, 2.45) is 0 Å². The quantitative estimate of drug-likeness (QED) is 0.872. The highest BCUT2D eigenvalue weighted by atomic mass is 35.5. The van der Waals surface area contributed by atoms with E-state index in [9.17, 15) is 9.90 Å². The van der Waals surface area contributed by atoms with E-state index in [0.29, 0.717) is 5.56 Å². The zero-order valence-electron chi connectivity index (χ0n) is 11.9. The van der Waals surface area contributed by atoms with Crippen molar-refractivity contribution in [1.82, 2.24) is 9.97 Å². The van der Waals surface area contributed by atoms with Crippen LogP contribution in [0.1, 0.15) is 15.9 Å². The van der Waals surface area contributed by atoms with E-state index in [0.717, 1.165) is 0 Å². The van der Waals surface area contributed by atoms with E-state index in [1.807, 2.05) is 0 Å². The van der Waals surface area contributed by atoms with Crippen molar-refractivity contribution < 1.29 is 24.1 Å². The third kappa shape index (κ3) is 3.56. The van der Waals surface area contributed by atoms with Crippen LogP contribution in [0.25, 0.3) is 0 Å². The average Bonchev–Trinajstić information content (AvgIpc) is 2.52. The molecule has 0 amide bonds. The minimum atomic E-state index is -1.13. The van der Waals surface area contributed by atoms with Crippen LogP contribution in [0.3, 0.4) is 0 Å². The van der Waals surface area contributed by atoms with E-state index < -0.39 is 5.97 Å². The second-order valence-corrected chi connectivity index (χ2v) is 4.51. The SMILES string of the molecule is COc1cc(OC)nc(OCc2cccc(Cl)c2C(=O)O)n1. The summed E-state index contributed by atoms with van der Waals surface area (Å²) in [5.41, 5.74) is 0.393. The number of ether oxygens (including phenoxy) is 3. The van der Waals surface area contributed by atoms with Gasteiger partial charge in [0.25, 0.3) is 0 Å². The maximum atomic E-state index is 11.2. The largest absolute Gasteiger partial charge is 0.481 e. The molecular weight excluding hydrogens is 312 g/mol. The Kier molecular flexibility index (Phi) is 5.00. The standard InChI is InChI=1S/C14H13ClN2O5/c1-20-10-6-11(21-2)17-14(16-10)22-7-8-4-3-5-9(15)12(8)13(18)19/h3-6H,7H2,1-2H3,(H,18,19). The van der Waals surface area contributed by atoms with Crippen molar-refractivity contribution in [2.45, 2.75) is 6.61 Å². The minimum absolute atomic E-state index is 0.00696. The molecule has 0 aliphatic heterocycles. The lowest BCUT2D eigenvalue weighted by Gasteiger charge is -2.10. The Labute approximate surface area is 131 Å². The van der Waals surface area contributed by atoms with Crippen molar-refractivity contribution in [2.75, 3.05) is 14.2 Å². The van der Waals surface area contributed by atoms with Crippen molar-refractivity contribution in [3.05, 3.63) is 40.4 Å². The molecule has 7 nitrogen and oxygen atoms in total. The minimum Gasteiger partial charge on any atom is -0.481 e. The number of halogens is 1. The van der Waals surface area contributed by atoms with Crippen LogP contribution in [-0.2, 0) is 6.61 Å². The van der Waals surface area contributed by atoms with Gasteiger partial charge < -0.3 is 19.3 Å². The van der Waals surface area contributed by atoms with E-state index >= 15 is 0 Å². The topological polar surface area (TPSA) is 90.8 Å². The van der Waals surface area contributed by atoms with Gasteiger partial charge in [0.15, 0.2) is 0 Å². The number of carboxylic acid groups (broad SMARTS) is 1. The number of nitrogens with zero attached hydrogens (tertiary/aromatic N) is 2. The summed E-state index contributed by atoms with van der Waals surface area (Å²) in [5.74, 6) is -0.592. The van der Waals surface area contributed by atoms with Gasteiger partial charge in [-0.15, -0.1) is 0 Å². The summed E-state index contributed by atoms with van der Waals surface area (Å²) in [5, 5.41) is 9.33. The van der Waals surface area contributed by atoms with E-state index in [4.69, 9.17) is 25.8 Å². The molecule has 0 aliphatic carbocycles. The number of benzene rings is 1. The summed E-state index contributed by atoms with van der Waals surface area (Å²) >= 11 is 5.89. The van der Waals surface area contributed by atoms with Crippen LogP contribution < -0.4 is 14.2 Å². The van der Waals surface area contributed by atoms with Crippen molar-refractivity contribution in [3.8, 4) is 17.8 Å². The van der Waals surface area contributed by atoms with Gasteiger partial charge in [-0.25, -0.2) is 4.79 Å². The molecule has 116 valence electrons. The molecule has 1 N–H and O–H groups in total. The highest BCUT2D eigenvalue weighted by molar-refractivity contribution is 6.33. The maximum Gasteiger partial charge on any atom is 0.337 e. The molecule has 0 saturated heterocycles. The molecular formula is C14H13ClN2O5. The summed E-state index contributed by atoms with van der Waals surface area (Å²) in [6.45, 7) is -0.0570. The lowest BCUT2D eigenvalue weighted by molar-refractivity contribution is 0.0694. The maximum absolute atomic E-state index is 11.2. The molecule has 0 fully saturated rings. The lowest BCUT2D eigenvalue weighted by Crippen LogP contribution is -2.08. The summed E-state index contributed by atoms with van der Waals surface area (Å²) in [4.78, 5) is 19.2. The van der Waals surface area contributed by atoms with E-state index in [1.165, 1.54) is 26.4 Å². The van der Waals surface area contributed by atoms with Crippen LogP contribution in [0.15, 0.2) is 24.3 Å². The van der Waals surface area contributed by atoms with Gasteiger partial charge in [0.1, 0.15) is 6.61 Å². The molecule has 1 heterocycles. The van der Waals surface area contributed by atoms with E-state index in [2.05, 4.69) is 9.97 Å². The number of carboxylic acids is 1. The molecule has 0 radical (unpaired) electrons. The van der Waals surface area contributed by atoms with Gasteiger partial charge in [0.2, 0.25) is 11.8 Å². The van der Waals surface area contributed by atoms with Crippen LogP contribution in [0.2, 0.25) is 5.02 Å². The fourth-order valence-corrected chi connectivity index (χ4v) is 2.00. The zero-order valence-corrected chi connectivity index (χ0v) is 12.6. The van der Waals surface area contributed by atoms with E-state index in [-0.39, 0.29) is 35.0 Å². The highest BCUT2D eigenvalue weighted by Gasteiger charge is 2.15. The van der Waals surface area contributed by atoms with Crippen LogP contribution in [0, 0.1) is 0 Å². The Hall–Kier alpha value is -2.54. The first-order valence-electron chi connectivity index (χ1n) is 6.15. The molecule has 0 atom stereocenters. The summed E-state index contributed by atoms with van der Waals surface area (Å²) in [7, 11) is 2.90. The van der Waals surface area contributed by atoms with Gasteiger partial charge >= 0.3 is 12.0 Å². The van der Waals surface area contributed by atoms with Gasteiger partial charge in [-0.3, -0.25) is 0 Å². The third-order valence-corrected chi connectivity index (χ3v) is 3.06. The van der Waals surface area contributed by atoms with Crippen LogP contribution >= 0.6 is 11.6 Å². The molecule has 8 heteroatoms. The first kappa shape index (κ1) is 15.8. The Morgan fingerprint density at radius 1 is 1.23 bits per heavy atom. The van der Waals surface area contributed by atoms with Crippen LogP contribution in [0.4, 0.5) is 0 Å². The molecule has 1 aromatic carbocycles. The number of methoxy groups -OCH3 is 2. The molecule has 0 unspecified atom stereocenters. The Balaban J connectivity index is 2.24. The average molecular weight is 325 g/mol. The zero-order chi connectivity index (χ0) is 16.1. The molecule has 1 aromatic heterocycles. The number of hydrogen-bond donors (Lipinski definition) is 1. The first-order chi connectivity index (χ1) is 10.5. The van der Waals surface area contributed by atoms with Crippen molar-refractivity contribution in [1.29, 1.82) is 0 Å². The number of aromatic nitrogens is 2. The Morgan fingerprint density at radius 3 is 2.41 bits per heavy atom. The van der Waals surface area contributed by atoms with Crippen LogP contribution in [-0.4, -0.2) is 35.3 Å². The number of aromatic carboxylic acids is 1. The van der Waals surface area contributed by atoms with E-state index in [1.54, 1.807) is 12.1 Å². The number of carbonyl (C=O) groups is 1. The summed E-state index contributed by atoms with van der Waals surface area (Å²) in [6.07, 6.45) is 0. The molecule has 0 aliphatic rings. The molecule has 0 bridgehead atoms. The van der Waals surface area contributed by atoms with Crippen LogP contribution in [0.5, 0.6) is 17.8 Å². The Bertz CT molecular complexity index is 671. The molecule has 22 heavy (non-hydrogen) atoms. The van der Waals surface area contributed by atoms with Gasteiger partial charge in [-0.05, 0) is 6.07 Å². The lowest BCUT2D eigenvalue weighted by atomic mass is 10.1. The second-order valence-electron chi connectivity index (χ2n) is 4.10. The Morgan fingerprint density at radius 2 is 1.86 bits per heavy atom. The molecule has 2 aromatic rings. The first-order valence-corrected chi connectivity index (χ1v) is 6.53. The fourth-order valence-electron chi connectivity index (χ4n) is 1.73. The third-order valence-electron chi connectivity index (χ3n) is 2.75. The smallest absolute Gasteiger partial charge is 0.337 e. The molecule has 0 saturated carbocycles. The van der Waals surface area contributed by atoms with Gasteiger partial charge in [0.05, 0.1) is 30.9 Å². The predicted octanol–water partition coefficient (Wildman–Crippen LogP) is 2.42. The predicted molar refractivity (Wildman–Crippen MR) is 77.9 cm³/mol. The second kappa shape index (κ2) is 6.95. The van der Waals surface area contributed by atoms with Gasteiger partial charge in [0, 0.05) is 5.56 Å². The highest BCUT2D eigenvalue weighted by Crippen LogP contribution is 2.23. The number of rotatable bonds is 6. The summed E-state index contributed by atoms with van der Waals surface area (Å²) in [6, 6.07) is 6.24. The normalized spacial score (nSPS) is 10.1.